The van der Waals surface area contributed by atoms with Crippen molar-refractivity contribution in [3.8, 4) is 0 Å². The number of benzene rings is 1. The number of carbonyl (C=O) groups is 3. The first kappa shape index (κ1) is 22.6. The van der Waals surface area contributed by atoms with E-state index >= 15 is 0 Å². The van der Waals surface area contributed by atoms with Crippen molar-refractivity contribution in [2.75, 3.05) is 19.6 Å². The van der Waals surface area contributed by atoms with Crippen LogP contribution in [0, 0.1) is 0 Å². The number of hydrogen-bond acceptors (Lipinski definition) is 6. The van der Waals surface area contributed by atoms with Gasteiger partial charge in [0, 0.05) is 19.6 Å². The molecule has 0 aromatic heterocycles. The van der Waals surface area contributed by atoms with Crippen LogP contribution in [0.3, 0.4) is 0 Å². The molecule has 0 aliphatic heterocycles. The van der Waals surface area contributed by atoms with Gasteiger partial charge in [-0.25, -0.2) is 18.0 Å². The minimum absolute atomic E-state index is 0.0600. The molecule has 0 saturated carbocycles. The molecule has 0 aliphatic carbocycles. The second kappa shape index (κ2) is 10.0. The van der Waals surface area contributed by atoms with Gasteiger partial charge in [-0.05, 0) is 38.1 Å². The summed E-state index contributed by atoms with van der Waals surface area (Å²) in [6, 6.07) is 4.56. The van der Waals surface area contributed by atoms with E-state index < -0.39 is 34.0 Å². The van der Waals surface area contributed by atoms with E-state index in [4.69, 9.17) is 4.74 Å². The Bertz CT molecular complexity index is 772. The Labute approximate surface area is 159 Å². The fourth-order valence-electron chi connectivity index (χ4n) is 2.18. The van der Waals surface area contributed by atoms with Crippen molar-refractivity contribution < 1.29 is 27.5 Å². The molecule has 0 heterocycles. The second-order valence-electron chi connectivity index (χ2n) is 5.51. The molecule has 0 aliphatic rings. The minimum atomic E-state index is -3.63. The zero-order valence-corrected chi connectivity index (χ0v) is 16.6. The molecule has 150 valence electrons. The van der Waals surface area contributed by atoms with E-state index in [2.05, 4.69) is 5.32 Å². The van der Waals surface area contributed by atoms with Crippen molar-refractivity contribution in [3.63, 3.8) is 0 Å². The highest BCUT2D eigenvalue weighted by Gasteiger charge is 2.23. The lowest BCUT2D eigenvalue weighted by Gasteiger charge is -2.18. The smallest absolute Gasteiger partial charge is 0.338 e. The third kappa shape index (κ3) is 6.04. The van der Waals surface area contributed by atoms with Gasteiger partial charge in [0.25, 0.3) is 5.91 Å². The maximum atomic E-state index is 12.4. The van der Waals surface area contributed by atoms with Gasteiger partial charge in [-0.2, -0.15) is 4.31 Å². The third-order valence-corrected chi connectivity index (χ3v) is 5.72. The summed E-state index contributed by atoms with van der Waals surface area (Å²) < 4.78 is 31.1. The molecule has 1 atom stereocenters. The van der Waals surface area contributed by atoms with Crippen LogP contribution in [0.2, 0.25) is 0 Å². The van der Waals surface area contributed by atoms with E-state index in [-0.39, 0.29) is 10.5 Å². The first-order valence-corrected chi connectivity index (χ1v) is 10.0. The van der Waals surface area contributed by atoms with Gasteiger partial charge in [0.1, 0.15) is 0 Å². The summed E-state index contributed by atoms with van der Waals surface area (Å²) in [5, 5.41) is 4.42. The fraction of sp³-hybridized carbons (Fsp3) is 0.471. The van der Waals surface area contributed by atoms with Crippen LogP contribution in [0.15, 0.2) is 29.2 Å². The maximum Gasteiger partial charge on any atom is 0.338 e. The van der Waals surface area contributed by atoms with Crippen molar-refractivity contribution >= 4 is 27.9 Å². The Balaban J connectivity index is 2.80. The minimum Gasteiger partial charge on any atom is -0.449 e. The first-order valence-electron chi connectivity index (χ1n) is 8.57. The number of rotatable bonds is 8. The van der Waals surface area contributed by atoms with Crippen LogP contribution >= 0.6 is 0 Å². The summed E-state index contributed by atoms with van der Waals surface area (Å²) in [5.41, 5.74) is 0.0890. The fourth-order valence-corrected chi connectivity index (χ4v) is 3.63. The zero-order chi connectivity index (χ0) is 20.6. The molecule has 0 spiro atoms. The number of carbonyl (C=O) groups excluding carboxylic acids is 3. The van der Waals surface area contributed by atoms with Crippen LogP contribution in [-0.2, 0) is 19.6 Å². The largest absolute Gasteiger partial charge is 0.449 e. The third-order valence-electron chi connectivity index (χ3n) is 3.66. The number of amides is 3. The highest BCUT2D eigenvalue weighted by Crippen LogP contribution is 2.17. The molecule has 9 nitrogen and oxygen atoms in total. The molecule has 27 heavy (non-hydrogen) atoms. The van der Waals surface area contributed by atoms with Crippen LogP contribution in [0.25, 0.3) is 0 Å². The predicted molar refractivity (Wildman–Crippen MR) is 98.6 cm³/mol. The summed E-state index contributed by atoms with van der Waals surface area (Å²) >= 11 is 0. The summed E-state index contributed by atoms with van der Waals surface area (Å²) in [6.07, 6.45) is -1.20. The van der Waals surface area contributed by atoms with E-state index in [0.29, 0.717) is 19.6 Å². The standard InChI is InChI=1S/C17H25N3O6S/c1-5-18-17(23)19-15(21)12(4)26-16(22)13-8-10-14(11-9-13)27(24,25)20(6-2)7-3/h8-12H,5-7H2,1-4H3,(H2,18,19,21,23)/t12-/m1/s1. The average molecular weight is 399 g/mol. The summed E-state index contributed by atoms with van der Waals surface area (Å²) in [7, 11) is -3.63. The SMILES string of the molecule is CCNC(=O)NC(=O)[C@@H](C)OC(=O)c1ccc(S(=O)(=O)N(CC)CC)cc1. The molecule has 1 aromatic rings. The van der Waals surface area contributed by atoms with E-state index in [9.17, 15) is 22.8 Å². The number of nitrogens with zero attached hydrogens (tertiary/aromatic N) is 1. The van der Waals surface area contributed by atoms with Gasteiger partial charge in [-0.3, -0.25) is 10.1 Å². The van der Waals surface area contributed by atoms with Gasteiger partial charge in [-0.1, -0.05) is 13.8 Å². The number of nitrogens with one attached hydrogen (secondary N) is 2. The summed E-state index contributed by atoms with van der Waals surface area (Å²) in [4.78, 5) is 35.3. The summed E-state index contributed by atoms with van der Waals surface area (Å²) in [6.45, 7) is 7.50. The Morgan fingerprint density at radius 3 is 2.11 bits per heavy atom. The van der Waals surface area contributed by atoms with Crippen LogP contribution in [0.5, 0.6) is 0 Å². The molecule has 0 fully saturated rings. The lowest BCUT2D eigenvalue weighted by atomic mass is 10.2. The molecule has 0 radical (unpaired) electrons. The molecule has 0 saturated heterocycles. The average Bonchev–Trinajstić information content (AvgIpc) is 2.62. The molecule has 2 N–H and O–H groups in total. The summed E-state index contributed by atoms with van der Waals surface area (Å²) in [5.74, 6) is -1.57. The van der Waals surface area contributed by atoms with E-state index in [1.54, 1.807) is 20.8 Å². The van der Waals surface area contributed by atoms with Crippen LogP contribution < -0.4 is 10.6 Å². The Morgan fingerprint density at radius 2 is 1.63 bits per heavy atom. The van der Waals surface area contributed by atoms with Gasteiger partial charge in [0.15, 0.2) is 6.10 Å². The van der Waals surface area contributed by atoms with Crippen molar-refractivity contribution in [2.45, 2.75) is 38.7 Å². The lowest BCUT2D eigenvalue weighted by molar-refractivity contribution is -0.127. The van der Waals surface area contributed by atoms with Crippen molar-refractivity contribution in [1.82, 2.24) is 14.9 Å². The highest BCUT2D eigenvalue weighted by atomic mass is 32.2. The number of urea groups is 1. The number of sulfonamides is 1. The van der Waals surface area contributed by atoms with E-state index in [1.165, 1.54) is 35.5 Å². The predicted octanol–water partition coefficient (Wildman–Crippen LogP) is 1.11. The first-order chi connectivity index (χ1) is 12.7. The van der Waals surface area contributed by atoms with Gasteiger partial charge >= 0.3 is 12.0 Å². The molecule has 0 bridgehead atoms. The molecule has 3 amide bonds. The maximum absolute atomic E-state index is 12.4. The van der Waals surface area contributed by atoms with Crippen molar-refractivity contribution in [3.05, 3.63) is 29.8 Å². The normalized spacial score (nSPS) is 12.3. The van der Waals surface area contributed by atoms with Gasteiger partial charge in [0.2, 0.25) is 10.0 Å². The van der Waals surface area contributed by atoms with Gasteiger partial charge in [-0.15, -0.1) is 0 Å². The molecule has 1 aromatic carbocycles. The quantitative estimate of drug-likeness (QED) is 0.632. The molecule has 1 rings (SSSR count). The number of hydrogen-bond donors (Lipinski definition) is 2. The number of ether oxygens (including phenoxy) is 1. The number of imide groups is 1. The molecular formula is C17H25N3O6S. The topological polar surface area (TPSA) is 122 Å². The Kier molecular flexibility index (Phi) is 8.38. The van der Waals surface area contributed by atoms with Gasteiger partial charge in [0.05, 0.1) is 10.5 Å². The monoisotopic (exact) mass is 399 g/mol. The van der Waals surface area contributed by atoms with E-state index in [1.807, 2.05) is 5.32 Å². The molecule has 0 unspecified atom stereocenters. The van der Waals surface area contributed by atoms with Gasteiger partial charge < -0.3 is 10.1 Å². The Morgan fingerprint density at radius 1 is 1.07 bits per heavy atom. The van der Waals surface area contributed by atoms with Crippen LogP contribution in [0.1, 0.15) is 38.1 Å². The zero-order valence-electron chi connectivity index (χ0n) is 15.8. The van der Waals surface area contributed by atoms with Crippen molar-refractivity contribution in [1.29, 1.82) is 0 Å². The lowest BCUT2D eigenvalue weighted by Crippen LogP contribution is -2.44. The van der Waals surface area contributed by atoms with Crippen molar-refractivity contribution in [2.24, 2.45) is 0 Å². The number of esters is 1. The second-order valence-corrected chi connectivity index (χ2v) is 7.45. The Hall–Kier alpha value is -2.46. The highest BCUT2D eigenvalue weighted by molar-refractivity contribution is 7.89. The van der Waals surface area contributed by atoms with Crippen LogP contribution in [0.4, 0.5) is 4.79 Å². The molecule has 10 heteroatoms. The van der Waals surface area contributed by atoms with E-state index in [0.717, 1.165) is 0 Å². The molecular weight excluding hydrogens is 374 g/mol. The van der Waals surface area contributed by atoms with Crippen LogP contribution in [-0.4, -0.2) is 56.4 Å².